The molecule has 0 saturated carbocycles. The molecule has 1 rings (SSSR count). The first kappa shape index (κ1) is 14.5. The van der Waals surface area contributed by atoms with Crippen molar-refractivity contribution >= 4 is 12.0 Å². The Hall–Kier alpha value is -1.52. The highest BCUT2D eigenvalue weighted by atomic mass is 16.4. The van der Waals surface area contributed by atoms with Crippen LogP contribution in [0.3, 0.4) is 0 Å². The number of urea groups is 1. The number of amides is 2. The van der Waals surface area contributed by atoms with Crippen molar-refractivity contribution in [3.63, 3.8) is 0 Å². The van der Waals surface area contributed by atoms with E-state index in [0.29, 0.717) is 6.54 Å². The number of nitrogens with one attached hydrogen (secondary N) is 2. The molecule has 0 spiro atoms. The first-order valence-electron chi connectivity index (χ1n) is 6.60. The fraction of sp³-hybridized carbons (Fsp3) is 0.692. The number of aliphatic carboxylic acids is 1. The Labute approximate surface area is 108 Å². The molecule has 5 heteroatoms. The van der Waals surface area contributed by atoms with Gasteiger partial charge >= 0.3 is 12.0 Å². The lowest BCUT2D eigenvalue weighted by molar-refractivity contribution is -0.136. The van der Waals surface area contributed by atoms with Crippen LogP contribution in [0.4, 0.5) is 4.79 Å². The third-order valence-corrected chi connectivity index (χ3v) is 2.99. The molecule has 0 aromatic heterocycles. The molecule has 0 aromatic rings. The summed E-state index contributed by atoms with van der Waals surface area (Å²) in [6, 6.07) is -0.287. The Balaban J connectivity index is 2.07. The van der Waals surface area contributed by atoms with Gasteiger partial charge in [-0.3, -0.25) is 4.79 Å². The normalized spacial score (nSPS) is 15.4. The molecule has 0 bridgehead atoms. The van der Waals surface area contributed by atoms with Crippen LogP contribution in [0.5, 0.6) is 0 Å². The quantitative estimate of drug-likeness (QED) is 0.635. The molecule has 0 fully saturated rings. The van der Waals surface area contributed by atoms with Crippen molar-refractivity contribution in [2.24, 2.45) is 0 Å². The summed E-state index contributed by atoms with van der Waals surface area (Å²) in [4.78, 5) is 21.6. The van der Waals surface area contributed by atoms with E-state index in [2.05, 4.69) is 16.7 Å². The molecule has 102 valence electrons. The largest absolute Gasteiger partial charge is 0.481 e. The van der Waals surface area contributed by atoms with Crippen molar-refractivity contribution in [2.75, 3.05) is 13.1 Å². The van der Waals surface area contributed by atoms with Gasteiger partial charge in [0.05, 0.1) is 6.42 Å². The number of rotatable bonds is 6. The number of allylic oxidation sites excluding steroid dienone is 1. The Morgan fingerprint density at radius 1 is 1.17 bits per heavy atom. The molecule has 18 heavy (non-hydrogen) atoms. The van der Waals surface area contributed by atoms with E-state index < -0.39 is 5.97 Å². The third-order valence-electron chi connectivity index (χ3n) is 2.99. The highest BCUT2D eigenvalue weighted by molar-refractivity contribution is 5.74. The summed E-state index contributed by atoms with van der Waals surface area (Å²) >= 11 is 0. The minimum Gasteiger partial charge on any atom is -0.481 e. The van der Waals surface area contributed by atoms with E-state index in [1.54, 1.807) is 0 Å². The molecule has 5 nitrogen and oxygen atoms in total. The molecule has 1 aliphatic carbocycles. The van der Waals surface area contributed by atoms with Crippen LogP contribution in [0.15, 0.2) is 11.6 Å². The first-order valence-corrected chi connectivity index (χ1v) is 6.60. The molecule has 0 radical (unpaired) electrons. The van der Waals surface area contributed by atoms with Gasteiger partial charge in [0, 0.05) is 13.1 Å². The number of carbonyl (C=O) groups excluding carboxylic acids is 1. The summed E-state index contributed by atoms with van der Waals surface area (Å²) in [5, 5.41) is 13.7. The molecule has 0 unspecified atom stereocenters. The second kappa shape index (κ2) is 8.55. The van der Waals surface area contributed by atoms with Gasteiger partial charge < -0.3 is 15.7 Å². The molecule has 2 amide bonds. The van der Waals surface area contributed by atoms with Crippen LogP contribution in [0, 0.1) is 0 Å². The lowest BCUT2D eigenvalue weighted by Gasteiger charge is -2.08. The standard InChI is InChI=1S/C13H22N2O3/c16-12(17)8-10-15-13(18)14-9-7-11-5-3-1-2-4-6-11/h5H,1-4,6-10H2,(H,16,17)(H2,14,15,18). The van der Waals surface area contributed by atoms with Crippen LogP contribution in [0.1, 0.15) is 44.9 Å². The highest BCUT2D eigenvalue weighted by Crippen LogP contribution is 2.18. The number of carbonyl (C=O) groups is 2. The van der Waals surface area contributed by atoms with Gasteiger partial charge in [0.15, 0.2) is 0 Å². The summed E-state index contributed by atoms with van der Waals surface area (Å²) in [5.74, 6) is -0.904. The Morgan fingerprint density at radius 2 is 1.94 bits per heavy atom. The monoisotopic (exact) mass is 254 g/mol. The van der Waals surface area contributed by atoms with E-state index in [-0.39, 0.29) is 19.0 Å². The molecule has 0 aromatic carbocycles. The zero-order valence-corrected chi connectivity index (χ0v) is 10.7. The first-order chi connectivity index (χ1) is 8.68. The predicted molar refractivity (Wildman–Crippen MR) is 69.4 cm³/mol. The van der Waals surface area contributed by atoms with Crippen LogP contribution < -0.4 is 10.6 Å². The molecule has 1 aliphatic rings. The van der Waals surface area contributed by atoms with E-state index in [9.17, 15) is 9.59 Å². The number of hydrogen-bond donors (Lipinski definition) is 3. The van der Waals surface area contributed by atoms with Crippen molar-refractivity contribution in [3.05, 3.63) is 11.6 Å². The SMILES string of the molecule is O=C(O)CCNC(=O)NCCC1=CCCCCC1. The average molecular weight is 254 g/mol. The van der Waals surface area contributed by atoms with Gasteiger partial charge in [-0.2, -0.15) is 0 Å². The zero-order chi connectivity index (χ0) is 13.2. The zero-order valence-electron chi connectivity index (χ0n) is 10.7. The smallest absolute Gasteiger partial charge is 0.314 e. The maximum Gasteiger partial charge on any atom is 0.314 e. The van der Waals surface area contributed by atoms with Crippen LogP contribution in [-0.4, -0.2) is 30.2 Å². The fourth-order valence-electron chi connectivity index (χ4n) is 1.99. The Morgan fingerprint density at radius 3 is 2.72 bits per heavy atom. The molecule has 3 N–H and O–H groups in total. The number of hydrogen-bond acceptors (Lipinski definition) is 2. The molecule has 0 atom stereocenters. The minimum atomic E-state index is -0.904. The second-order valence-corrected chi connectivity index (χ2v) is 4.54. The topological polar surface area (TPSA) is 78.4 Å². The summed E-state index contributed by atoms with van der Waals surface area (Å²) in [6.45, 7) is 0.786. The molecule has 0 saturated heterocycles. The minimum absolute atomic E-state index is 0.0431. The summed E-state index contributed by atoms with van der Waals surface area (Å²) in [5.41, 5.74) is 1.43. The average Bonchev–Trinajstić information content (AvgIpc) is 2.57. The van der Waals surface area contributed by atoms with Gasteiger partial charge in [0.1, 0.15) is 0 Å². The maximum absolute atomic E-state index is 11.3. The lowest BCUT2D eigenvalue weighted by atomic mass is 10.1. The van der Waals surface area contributed by atoms with E-state index in [0.717, 1.165) is 19.3 Å². The maximum atomic E-state index is 11.3. The van der Waals surface area contributed by atoms with Gasteiger partial charge in [-0.25, -0.2) is 4.79 Å². The molecule has 0 heterocycles. The van der Waals surface area contributed by atoms with Crippen molar-refractivity contribution in [3.8, 4) is 0 Å². The third kappa shape index (κ3) is 6.93. The highest BCUT2D eigenvalue weighted by Gasteiger charge is 2.04. The van der Waals surface area contributed by atoms with Crippen molar-refractivity contribution in [2.45, 2.75) is 44.9 Å². The van der Waals surface area contributed by atoms with Crippen LogP contribution in [0.25, 0.3) is 0 Å². The molecule has 0 aliphatic heterocycles. The Bertz CT molecular complexity index is 313. The molecular formula is C13H22N2O3. The van der Waals surface area contributed by atoms with Crippen molar-refractivity contribution in [1.29, 1.82) is 0 Å². The summed E-state index contributed by atoms with van der Waals surface area (Å²) < 4.78 is 0. The second-order valence-electron chi connectivity index (χ2n) is 4.54. The predicted octanol–water partition coefficient (Wildman–Crippen LogP) is 2.04. The molecular weight excluding hydrogens is 232 g/mol. The van der Waals surface area contributed by atoms with Crippen LogP contribution in [-0.2, 0) is 4.79 Å². The number of carboxylic acids is 1. The van der Waals surface area contributed by atoms with E-state index >= 15 is 0 Å². The van der Waals surface area contributed by atoms with E-state index in [1.807, 2.05) is 0 Å². The van der Waals surface area contributed by atoms with Gasteiger partial charge in [0.2, 0.25) is 0 Å². The van der Waals surface area contributed by atoms with Crippen molar-refractivity contribution in [1.82, 2.24) is 10.6 Å². The Kier molecular flexibility index (Phi) is 6.91. The van der Waals surface area contributed by atoms with Crippen LogP contribution in [0.2, 0.25) is 0 Å². The van der Waals surface area contributed by atoms with Gasteiger partial charge in [-0.05, 0) is 32.1 Å². The van der Waals surface area contributed by atoms with Gasteiger partial charge in [-0.1, -0.05) is 18.1 Å². The lowest BCUT2D eigenvalue weighted by Crippen LogP contribution is -2.37. The summed E-state index contributed by atoms with van der Waals surface area (Å²) in [6.07, 6.45) is 9.25. The van der Waals surface area contributed by atoms with Gasteiger partial charge in [0.25, 0.3) is 0 Å². The van der Waals surface area contributed by atoms with Crippen molar-refractivity contribution < 1.29 is 14.7 Å². The summed E-state index contributed by atoms with van der Waals surface area (Å²) in [7, 11) is 0. The van der Waals surface area contributed by atoms with Gasteiger partial charge in [-0.15, -0.1) is 0 Å². The fourth-order valence-corrected chi connectivity index (χ4v) is 1.99. The van der Waals surface area contributed by atoms with E-state index in [1.165, 1.54) is 24.8 Å². The van der Waals surface area contributed by atoms with Crippen LogP contribution >= 0.6 is 0 Å². The number of carboxylic acid groups (broad SMARTS) is 1. The van der Waals surface area contributed by atoms with E-state index in [4.69, 9.17) is 5.11 Å².